The summed E-state index contributed by atoms with van der Waals surface area (Å²) in [5.41, 5.74) is 7.61. The van der Waals surface area contributed by atoms with Crippen LogP contribution in [0, 0.1) is 6.92 Å². The molecule has 0 radical (unpaired) electrons. The van der Waals surface area contributed by atoms with Crippen LogP contribution in [0.1, 0.15) is 46.2 Å². The quantitative estimate of drug-likeness (QED) is 0.817. The van der Waals surface area contributed by atoms with E-state index in [1.165, 1.54) is 28.3 Å². The van der Waals surface area contributed by atoms with Gasteiger partial charge >= 0.3 is 6.03 Å². The second kappa shape index (κ2) is 7.43. The van der Waals surface area contributed by atoms with E-state index in [9.17, 15) is 13.2 Å². The van der Waals surface area contributed by atoms with E-state index in [0.717, 1.165) is 60.7 Å². The third-order valence-electron chi connectivity index (χ3n) is 5.46. The number of hydrogen-bond acceptors (Lipinski definition) is 3. The summed E-state index contributed by atoms with van der Waals surface area (Å²) in [5, 5.41) is 3.87. The van der Waals surface area contributed by atoms with Gasteiger partial charge in [0.2, 0.25) is 0 Å². The van der Waals surface area contributed by atoms with E-state index in [2.05, 4.69) is 16.1 Å². The summed E-state index contributed by atoms with van der Waals surface area (Å²) in [4.78, 5) is 12.4. The van der Waals surface area contributed by atoms with Crippen LogP contribution in [0.2, 0.25) is 0 Å². The van der Waals surface area contributed by atoms with Gasteiger partial charge in [-0.05, 0) is 79.3 Å². The van der Waals surface area contributed by atoms with Crippen LogP contribution < -0.4 is 10.0 Å². The van der Waals surface area contributed by atoms with Gasteiger partial charge in [0.25, 0.3) is 10.0 Å². The Labute approximate surface area is 165 Å². The van der Waals surface area contributed by atoms with E-state index >= 15 is 0 Å². The number of carbonyl (C=O) groups is 1. The third-order valence-corrected chi connectivity index (χ3v) is 6.43. The molecule has 2 aromatic carbocycles. The molecule has 0 aromatic heterocycles. The first-order chi connectivity index (χ1) is 13.4. The number of rotatable bonds is 4. The van der Waals surface area contributed by atoms with Crippen LogP contribution in [0.4, 0.5) is 10.5 Å². The highest BCUT2D eigenvalue weighted by atomic mass is 32.2. The topological polar surface area (TPSA) is 75.3 Å². The zero-order chi connectivity index (χ0) is 19.7. The zero-order valence-corrected chi connectivity index (χ0v) is 16.7. The van der Waals surface area contributed by atoms with Gasteiger partial charge in [-0.1, -0.05) is 35.9 Å². The van der Waals surface area contributed by atoms with Crippen molar-refractivity contribution in [2.45, 2.75) is 45.4 Å². The highest BCUT2D eigenvalue weighted by Gasteiger charge is 2.25. The normalized spacial score (nSPS) is 15.5. The van der Waals surface area contributed by atoms with Crippen molar-refractivity contribution in [1.82, 2.24) is 4.72 Å². The highest BCUT2D eigenvalue weighted by Crippen LogP contribution is 2.38. The average molecular weight is 397 g/mol. The third kappa shape index (κ3) is 3.97. The summed E-state index contributed by atoms with van der Waals surface area (Å²) < 4.78 is 26.7. The molecule has 2 aliphatic rings. The van der Waals surface area contributed by atoms with Crippen LogP contribution in [0.3, 0.4) is 0 Å². The minimum Gasteiger partial charge on any atom is -0.307 e. The predicted molar refractivity (Wildman–Crippen MR) is 112 cm³/mol. The molecule has 6 heteroatoms. The summed E-state index contributed by atoms with van der Waals surface area (Å²) in [6, 6.07) is 9.04. The van der Waals surface area contributed by atoms with E-state index in [0.29, 0.717) is 0 Å². The number of amides is 2. The predicted octanol–water partition coefficient (Wildman–Crippen LogP) is 4.09. The van der Waals surface area contributed by atoms with Crippen LogP contribution in [0.5, 0.6) is 0 Å². The highest BCUT2D eigenvalue weighted by molar-refractivity contribution is 7.93. The van der Waals surface area contributed by atoms with Gasteiger partial charge in [0.1, 0.15) is 0 Å². The summed E-state index contributed by atoms with van der Waals surface area (Å²) in [5.74, 6) is 0. The van der Waals surface area contributed by atoms with Gasteiger partial charge in [-0.15, -0.1) is 0 Å². The Bertz CT molecular complexity index is 1020. The maximum Gasteiger partial charge on any atom is 0.333 e. The lowest BCUT2D eigenvalue weighted by molar-refractivity contribution is 0.256. The number of sulfonamides is 1. The number of fused-ring (bicyclic) bond motifs is 2. The summed E-state index contributed by atoms with van der Waals surface area (Å²) in [6.45, 7) is 1.97. The van der Waals surface area contributed by atoms with Crippen LogP contribution >= 0.6 is 0 Å². The Kier molecular flexibility index (Phi) is 4.98. The van der Waals surface area contributed by atoms with Crippen LogP contribution in [-0.4, -0.2) is 14.4 Å². The van der Waals surface area contributed by atoms with E-state index < -0.39 is 16.1 Å². The molecule has 2 aliphatic carbocycles. The number of urea groups is 1. The number of benzene rings is 2. The Hall–Kier alpha value is -2.60. The van der Waals surface area contributed by atoms with Crippen molar-refractivity contribution in [3.63, 3.8) is 0 Å². The Morgan fingerprint density at radius 1 is 0.964 bits per heavy atom. The fraction of sp³-hybridized carbons (Fsp3) is 0.318. The molecule has 0 bridgehead atoms. The molecule has 5 nitrogen and oxygen atoms in total. The van der Waals surface area contributed by atoms with Crippen molar-refractivity contribution in [2.75, 3.05) is 5.32 Å². The van der Waals surface area contributed by atoms with Crippen LogP contribution in [0.25, 0.3) is 6.08 Å². The summed E-state index contributed by atoms with van der Waals surface area (Å²) >= 11 is 0. The lowest BCUT2D eigenvalue weighted by Gasteiger charge is -2.16. The molecule has 2 amide bonds. The van der Waals surface area contributed by atoms with Crippen molar-refractivity contribution in [2.24, 2.45) is 0 Å². The van der Waals surface area contributed by atoms with Gasteiger partial charge in [-0.2, -0.15) is 0 Å². The average Bonchev–Trinajstić information content (AvgIpc) is 3.29. The second-order valence-corrected chi connectivity index (χ2v) is 9.11. The molecule has 0 saturated carbocycles. The number of hydrogen-bond donors (Lipinski definition) is 2. The Morgan fingerprint density at radius 3 is 2.18 bits per heavy atom. The first-order valence-corrected chi connectivity index (χ1v) is 11.2. The van der Waals surface area contributed by atoms with Gasteiger partial charge in [-0.3, -0.25) is 0 Å². The van der Waals surface area contributed by atoms with Crippen molar-refractivity contribution in [1.29, 1.82) is 0 Å². The van der Waals surface area contributed by atoms with Crippen molar-refractivity contribution in [3.05, 3.63) is 69.1 Å². The molecule has 28 heavy (non-hydrogen) atoms. The van der Waals surface area contributed by atoms with Crippen molar-refractivity contribution in [3.8, 4) is 0 Å². The number of anilines is 1. The van der Waals surface area contributed by atoms with Gasteiger partial charge in [0, 0.05) is 5.69 Å². The largest absolute Gasteiger partial charge is 0.333 e. The monoisotopic (exact) mass is 396 g/mol. The lowest BCUT2D eigenvalue weighted by atomic mass is 9.99. The SMILES string of the molecule is Cc1ccc(/C=C/S(=O)(=O)NC(=O)Nc2c3c(cc4c2CCC4)CCC3)cc1. The van der Waals surface area contributed by atoms with Crippen LogP contribution in [-0.2, 0) is 35.7 Å². The molecule has 146 valence electrons. The van der Waals surface area contributed by atoms with Gasteiger partial charge in [0.15, 0.2) is 0 Å². The maximum absolute atomic E-state index is 12.4. The number of nitrogens with one attached hydrogen (secondary N) is 2. The molecule has 0 spiro atoms. The van der Waals surface area contributed by atoms with E-state index in [1.54, 1.807) is 0 Å². The second-order valence-electron chi connectivity index (χ2n) is 7.55. The first-order valence-electron chi connectivity index (χ1n) is 9.66. The molecule has 0 saturated heterocycles. The van der Waals surface area contributed by atoms with Gasteiger partial charge in [-0.25, -0.2) is 17.9 Å². The zero-order valence-electron chi connectivity index (χ0n) is 15.9. The minimum atomic E-state index is -3.88. The lowest BCUT2D eigenvalue weighted by Crippen LogP contribution is -2.33. The molecular weight excluding hydrogens is 372 g/mol. The molecule has 0 atom stereocenters. The minimum absolute atomic E-state index is 0.706. The molecule has 0 heterocycles. The number of carbonyl (C=O) groups excluding carboxylic acids is 1. The fourth-order valence-electron chi connectivity index (χ4n) is 4.12. The van der Waals surface area contributed by atoms with Crippen molar-refractivity contribution >= 4 is 27.8 Å². The molecule has 4 rings (SSSR count). The fourth-order valence-corrected chi connectivity index (χ4v) is 4.83. The molecule has 0 aliphatic heterocycles. The van der Waals surface area contributed by atoms with Gasteiger partial charge in [0.05, 0.1) is 5.41 Å². The summed E-state index contributed by atoms with van der Waals surface area (Å²) in [6.07, 6.45) is 7.54. The Balaban J connectivity index is 1.50. The number of aryl methyl sites for hydroxylation is 3. The van der Waals surface area contributed by atoms with E-state index in [-0.39, 0.29) is 0 Å². The molecule has 0 fully saturated rings. The molecular formula is C22H24N2O3S. The Morgan fingerprint density at radius 2 is 1.57 bits per heavy atom. The van der Waals surface area contributed by atoms with E-state index in [4.69, 9.17) is 0 Å². The van der Waals surface area contributed by atoms with Crippen molar-refractivity contribution < 1.29 is 13.2 Å². The smallest absolute Gasteiger partial charge is 0.307 e. The van der Waals surface area contributed by atoms with Crippen LogP contribution in [0.15, 0.2) is 35.7 Å². The molecule has 0 unspecified atom stereocenters. The first kappa shape index (κ1) is 18.7. The van der Waals surface area contributed by atoms with Gasteiger partial charge < -0.3 is 5.32 Å². The molecule has 2 N–H and O–H groups in total. The summed E-state index contributed by atoms with van der Waals surface area (Å²) in [7, 11) is -3.88. The standard InChI is InChI=1S/C22H24N2O3S/c1-15-8-10-16(11-9-15)12-13-28(26,27)24-22(25)23-21-19-6-2-4-17(19)14-18-5-3-7-20(18)21/h8-14H,2-7H2,1H3,(H2,23,24,25)/b13-12+. The maximum atomic E-state index is 12.4. The molecule has 2 aromatic rings. The van der Waals surface area contributed by atoms with E-state index in [1.807, 2.05) is 31.2 Å².